The van der Waals surface area contributed by atoms with E-state index in [1.807, 2.05) is 24.3 Å². The Morgan fingerprint density at radius 2 is 1.62 bits per heavy atom. The normalized spacial score (nSPS) is 33.4. The van der Waals surface area contributed by atoms with E-state index in [1.54, 1.807) is 0 Å². The molecular formula is C16H24O5. The highest BCUT2D eigenvalue weighted by atomic mass is 16.5. The Labute approximate surface area is 124 Å². The van der Waals surface area contributed by atoms with Gasteiger partial charge in [0, 0.05) is 0 Å². The van der Waals surface area contributed by atoms with Crippen molar-refractivity contribution in [3.63, 3.8) is 0 Å². The first kappa shape index (κ1) is 16.4. The lowest BCUT2D eigenvalue weighted by Crippen LogP contribution is -2.55. The Balaban J connectivity index is 2.16. The number of ether oxygens (including phenoxy) is 1. The topological polar surface area (TPSA) is 90.2 Å². The van der Waals surface area contributed by atoms with Crippen molar-refractivity contribution in [3.8, 4) is 0 Å². The molecule has 0 saturated carbocycles. The van der Waals surface area contributed by atoms with Crippen LogP contribution in [0.15, 0.2) is 24.3 Å². The summed E-state index contributed by atoms with van der Waals surface area (Å²) in [6, 6.07) is 7.64. The van der Waals surface area contributed by atoms with Gasteiger partial charge in [-0.2, -0.15) is 0 Å². The van der Waals surface area contributed by atoms with Crippen molar-refractivity contribution in [2.24, 2.45) is 5.92 Å². The van der Waals surface area contributed by atoms with Gasteiger partial charge in [-0.05, 0) is 23.5 Å². The van der Waals surface area contributed by atoms with Gasteiger partial charge in [0.05, 0.1) is 6.61 Å². The molecule has 0 spiro atoms. The third kappa shape index (κ3) is 3.62. The largest absolute Gasteiger partial charge is 0.394 e. The third-order valence-corrected chi connectivity index (χ3v) is 3.84. The molecule has 1 aliphatic rings. The van der Waals surface area contributed by atoms with E-state index in [1.165, 1.54) is 5.56 Å². The number of rotatable bonds is 4. The summed E-state index contributed by atoms with van der Waals surface area (Å²) in [5.41, 5.74) is 1.91. The lowest BCUT2D eigenvalue weighted by Gasteiger charge is -2.40. The number of hydrogen-bond acceptors (Lipinski definition) is 5. The summed E-state index contributed by atoms with van der Waals surface area (Å²) < 4.78 is 5.53. The minimum Gasteiger partial charge on any atom is -0.394 e. The van der Waals surface area contributed by atoms with E-state index in [-0.39, 0.29) is 0 Å². The van der Waals surface area contributed by atoms with Gasteiger partial charge in [0.1, 0.15) is 30.5 Å². The van der Waals surface area contributed by atoms with Crippen LogP contribution >= 0.6 is 0 Å². The molecule has 0 radical (unpaired) electrons. The van der Waals surface area contributed by atoms with Gasteiger partial charge in [-0.25, -0.2) is 0 Å². The molecule has 1 heterocycles. The summed E-state index contributed by atoms with van der Waals surface area (Å²) in [6.45, 7) is 3.88. The Morgan fingerprint density at radius 1 is 1.00 bits per heavy atom. The summed E-state index contributed by atoms with van der Waals surface area (Å²) in [6.07, 6.45) is -4.54. The molecule has 5 nitrogen and oxygen atoms in total. The van der Waals surface area contributed by atoms with Crippen molar-refractivity contribution >= 4 is 0 Å². The second-order valence-corrected chi connectivity index (χ2v) is 6.09. The fraction of sp³-hybridized carbons (Fsp3) is 0.625. The summed E-state index contributed by atoms with van der Waals surface area (Å²) in [5.74, 6) is 0.558. The van der Waals surface area contributed by atoms with Gasteiger partial charge in [-0.15, -0.1) is 0 Å². The zero-order chi connectivity index (χ0) is 15.6. The lowest BCUT2D eigenvalue weighted by molar-refractivity contribution is -0.231. The van der Waals surface area contributed by atoms with Gasteiger partial charge < -0.3 is 25.2 Å². The Hall–Kier alpha value is -0.980. The lowest BCUT2D eigenvalue weighted by atomic mass is 9.90. The highest BCUT2D eigenvalue weighted by Gasteiger charge is 2.43. The van der Waals surface area contributed by atoms with Crippen LogP contribution < -0.4 is 0 Å². The maximum atomic E-state index is 10.1. The molecular weight excluding hydrogens is 272 g/mol. The van der Waals surface area contributed by atoms with Crippen LogP contribution in [0.3, 0.4) is 0 Å². The van der Waals surface area contributed by atoms with Crippen molar-refractivity contribution in [1.82, 2.24) is 0 Å². The van der Waals surface area contributed by atoms with Crippen LogP contribution in [-0.4, -0.2) is 51.4 Å². The highest BCUT2D eigenvalue weighted by molar-refractivity contribution is 5.26. The van der Waals surface area contributed by atoms with Crippen LogP contribution in [0, 0.1) is 5.92 Å². The standard InChI is InChI=1S/C16H24O5/c1-9(2)7-10-3-5-11(6-4-10)16-15(20)14(19)13(18)12(8-17)21-16/h3-6,9,12-20H,7-8H2,1-2H3. The molecule has 0 aliphatic carbocycles. The van der Waals surface area contributed by atoms with Crippen LogP contribution in [0.4, 0.5) is 0 Å². The van der Waals surface area contributed by atoms with Crippen molar-refractivity contribution < 1.29 is 25.2 Å². The van der Waals surface area contributed by atoms with E-state index in [2.05, 4.69) is 13.8 Å². The minimum atomic E-state index is -1.34. The molecule has 5 unspecified atom stereocenters. The average molecular weight is 296 g/mol. The van der Waals surface area contributed by atoms with E-state index in [4.69, 9.17) is 4.74 Å². The summed E-state index contributed by atoms with van der Waals surface area (Å²) in [7, 11) is 0. The molecule has 1 aromatic rings. The van der Waals surface area contributed by atoms with E-state index in [0.717, 1.165) is 12.0 Å². The zero-order valence-corrected chi connectivity index (χ0v) is 12.4. The van der Waals surface area contributed by atoms with Crippen molar-refractivity contribution in [2.45, 2.75) is 50.8 Å². The molecule has 5 atom stereocenters. The predicted octanol–water partition coefficient (Wildman–Crippen LogP) is 0.400. The van der Waals surface area contributed by atoms with Crippen LogP contribution in [0.5, 0.6) is 0 Å². The zero-order valence-electron chi connectivity index (χ0n) is 12.4. The highest BCUT2D eigenvalue weighted by Crippen LogP contribution is 2.32. The van der Waals surface area contributed by atoms with Crippen molar-refractivity contribution in [2.75, 3.05) is 6.61 Å². The van der Waals surface area contributed by atoms with Crippen molar-refractivity contribution in [3.05, 3.63) is 35.4 Å². The number of hydrogen-bond donors (Lipinski definition) is 4. The smallest absolute Gasteiger partial charge is 0.113 e. The maximum absolute atomic E-state index is 10.1. The van der Waals surface area contributed by atoms with Crippen LogP contribution in [0.2, 0.25) is 0 Å². The number of benzene rings is 1. The van der Waals surface area contributed by atoms with Gasteiger partial charge in [0.25, 0.3) is 0 Å². The molecule has 1 saturated heterocycles. The second-order valence-electron chi connectivity index (χ2n) is 6.09. The number of aliphatic hydroxyl groups is 4. The van der Waals surface area contributed by atoms with Crippen LogP contribution in [-0.2, 0) is 11.2 Å². The van der Waals surface area contributed by atoms with Crippen LogP contribution in [0.1, 0.15) is 31.1 Å². The Bertz CT molecular complexity index is 442. The first-order valence-electron chi connectivity index (χ1n) is 7.33. The van der Waals surface area contributed by atoms with E-state index < -0.39 is 37.1 Å². The van der Waals surface area contributed by atoms with E-state index in [9.17, 15) is 20.4 Å². The fourth-order valence-electron chi connectivity index (χ4n) is 2.69. The molecule has 4 N–H and O–H groups in total. The Morgan fingerprint density at radius 3 is 2.14 bits per heavy atom. The first-order valence-corrected chi connectivity index (χ1v) is 7.33. The summed E-state index contributed by atoms with van der Waals surface area (Å²) in [4.78, 5) is 0. The first-order chi connectivity index (χ1) is 9.93. The van der Waals surface area contributed by atoms with Gasteiger partial charge >= 0.3 is 0 Å². The fourth-order valence-corrected chi connectivity index (χ4v) is 2.69. The second kappa shape index (κ2) is 6.85. The van der Waals surface area contributed by atoms with Crippen molar-refractivity contribution in [1.29, 1.82) is 0 Å². The SMILES string of the molecule is CC(C)Cc1ccc(C2OC(CO)C(O)C(O)C2O)cc1. The molecule has 0 bridgehead atoms. The Kier molecular flexibility index (Phi) is 5.35. The molecule has 118 valence electrons. The molecule has 1 aromatic carbocycles. The molecule has 1 aliphatic heterocycles. The molecule has 21 heavy (non-hydrogen) atoms. The minimum absolute atomic E-state index is 0.410. The maximum Gasteiger partial charge on any atom is 0.113 e. The van der Waals surface area contributed by atoms with Crippen LogP contribution in [0.25, 0.3) is 0 Å². The summed E-state index contributed by atoms with van der Waals surface area (Å²) >= 11 is 0. The average Bonchev–Trinajstić information content (AvgIpc) is 2.46. The van der Waals surface area contributed by atoms with Gasteiger partial charge in [-0.1, -0.05) is 38.1 Å². The molecule has 2 rings (SSSR count). The summed E-state index contributed by atoms with van der Waals surface area (Å²) in [5, 5.41) is 38.9. The molecule has 0 amide bonds. The molecule has 0 aromatic heterocycles. The third-order valence-electron chi connectivity index (χ3n) is 3.84. The van der Waals surface area contributed by atoms with E-state index >= 15 is 0 Å². The van der Waals surface area contributed by atoms with Gasteiger partial charge in [0.2, 0.25) is 0 Å². The van der Waals surface area contributed by atoms with Gasteiger partial charge in [0.15, 0.2) is 0 Å². The van der Waals surface area contributed by atoms with E-state index in [0.29, 0.717) is 5.92 Å². The number of aliphatic hydroxyl groups excluding tert-OH is 4. The molecule has 5 heteroatoms. The predicted molar refractivity (Wildman–Crippen MR) is 77.7 cm³/mol. The monoisotopic (exact) mass is 296 g/mol. The molecule has 1 fully saturated rings. The quantitative estimate of drug-likeness (QED) is 0.646. The van der Waals surface area contributed by atoms with Gasteiger partial charge in [-0.3, -0.25) is 0 Å².